The molecule has 2 aromatic rings. The predicted molar refractivity (Wildman–Crippen MR) is 106 cm³/mol. The third-order valence-corrected chi connectivity index (χ3v) is 3.97. The molecule has 0 aliphatic rings. The largest absolute Gasteiger partial charge is 0.511 e. The first-order valence-corrected chi connectivity index (χ1v) is 9.12. The second kappa shape index (κ2) is 11.4. The van der Waals surface area contributed by atoms with Gasteiger partial charge in [-0.05, 0) is 61.1 Å². The van der Waals surface area contributed by atoms with Gasteiger partial charge in [0.15, 0.2) is 0 Å². The molecule has 0 bridgehead atoms. The molecule has 6 nitrogen and oxygen atoms in total. The molecule has 2 rings (SSSR count). The molecule has 0 spiro atoms. The van der Waals surface area contributed by atoms with Crippen LogP contribution >= 0.6 is 0 Å². The molecular formula is C22H24O6. The summed E-state index contributed by atoms with van der Waals surface area (Å²) in [7, 11) is 0. The zero-order chi connectivity index (χ0) is 20.2. The van der Waals surface area contributed by atoms with Crippen LogP contribution in [-0.2, 0) is 9.53 Å². The lowest BCUT2D eigenvalue weighted by molar-refractivity contribution is -0.137. The summed E-state index contributed by atoms with van der Waals surface area (Å²) >= 11 is 0. The summed E-state index contributed by atoms with van der Waals surface area (Å²) < 4.78 is 15.3. The van der Waals surface area contributed by atoms with E-state index in [-0.39, 0.29) is 11.7 Å². The maximum atomic E-state index is 10.9. The number of esters is 1. The van der Waals surface area contributed by atoms with E-state index in [4.69, 9.17) is 14.6 Å². The molecule has 0 atom stereocenters. The van der Waals surface area contributed by atoms with Gasteiger partial charge in [-0.15, -0.1) is 0 Å². The van der Waals surface area contributed by atoms with Gasteiger partial charge in [-0.1, -0.05) is 30.8 Å². The fourth-order valence-corrected chi connectivity index (χ4v) is 2.54. The minimum atomic E-state index is -1.33. The van der Waals surface area contributed by atoms with Gasteiger partial charge < -0.3 is 19.3 Å². The van der Waals surface area contributed by atoms with E-state index in [9.17, 15) is 9.59 Å². The molecule has 0 heterocycles. The van der Waals surface area contributed by atoms with E-state index in [2.05, 4.69) is 11.3 Å². The Labute approximate surface area is 164 Å². The van der Waals surface area contributed by atoms with Gasteiger partial charge in [-0.25, -0.2) is 9.59 Å². The number of carboxylic acid groups (broad SMARTS) is 1. The first-order chi connectivity index (χ1) is 13.6. The van der Waals surface area contributed by atoms with Crippen molar-refractivity contribution < 1.29 is 28.9 Å². The molecule has 2 aromatic carbocycles. The van der Waals surface area contributed by atoms with Crippen molar-refractivity contribution in [2.45, 2.75) is 25.7 Å². The van der Waals surface area contributed by atoms with Gasteiger partial charge in [0.25, 0.3) is 0 Å². The van der Waals surface area contributed by atoms with Crippen molar-refractivity contribution in [3.63, 3.8) is 0 Å². The van der Waals surface area contributed by atoms with Gasteiger partial charge in [0.05, 0.1) is 13.2 Å². The second-order valence-electron chi connectivity index (χ2n) is 6.05. The summed E-state index contributed by atoms with van der Waals surface area (Å²) in [6.07, 6.45) is 3.60. The normalized spacial score (nSPS) is 10.1. The third kappa shape index (κ3) is 7.53. The molecule has 0 aliphatic carbocycles. The van der Waals surface area contributed by atoms with Crippen LogP contribution in [0.2, 0.25) is 0 Å². The molecule has 148 valence electrons. The first-order valence-electron chi connectivity index (χ1n) is 9.12. The molecular weight excluding hydrogens is 360 g/mol. The van der Waals surface area contributed by atoms with Crippen molar-refractivity contribution in [2.75, 3.05) is 13.2 Å². The van der Waals surface area contributed by atoms with Crippen molar-refractivity contribution in [2.24, 2.45) is 0 Å². The first kappa shape index (κ1) is 21.0. The average Bonchev–Trinajstić information content (AvgIpc) is 2.70. The Balaban J connectivity index is 1.68. The number of hydrogen-bond acceptors (Lipinski definition) is 5. The molecule has 0 aliphatic heterocycles. The highest BCUT2D eigenvalue weighted by molar-refractivity contribution is 5.81. The predicted octanol–water partition coefficient (Wildman–Crippen LogP) is 5.08. The Morgan fingerprint density at radius 2 is 1.36 bits per heavy atom. The van der Waals surface area contributed by atoms with Gasteiger partial charge in [-0.2, -0.15) is 0 Å². The summed E-state index contributed by atoms with van der Waals surface area (Å²) in [5.41, 5.74) is 1.96. The minimum Gasteiger partial charge on any atom is -0.494 e. The summed E-state index contributed by atoms with van der Waals surface area (Å²) in [5.74, 6) is 0.709. The van der Waals surface area contributed by atoms with E-state index in [1.807, 2.05) is 24.3 Å². The van der Waals surface area contributed by atoms with Crippen molar-refractivity contribution >= 4 is 12.1 Å². The van der Waals surface area contributed by atoms with E-state index in [0.717, 1.165) is 42.6 Å². The summed E-state index contributed by atoms with van der Waals surface area (Å²) in [6.45, 7) is 4.41. The van der Waals surface area contributed by atoms with E-state index < -0.39 is 6.16 Å². The van der Waals surface area contributed by atoms with Crippen LogP contribution < -0.4 is 9.47 Å². The van der Waals surface area contributed by atoms with Crippen LogP contribution in [0.3, 0.4) is 0 Å². The molecule has 0 unspecified atom stereocenters. The number of carbonyl (C=O) groups is 2. The van der Waals surface area contributed by atoms with Crippen molar-refractivity contribution in [3.8, 4) is 22.6 Å². The van der Waals surface area contributed by atoms with Gasteiger partial charge >= 0.3 is 12.1 Å². The molecule has 28 heavy (non-hydrogen) atoms. The molecule has 0 fully saturated rings. The van der Waals surface area contributed by atoms with E-state index in [1.165, 1.54) is 6.08 Å². The Kier molecular flexibility index (Phi) is 8.59. The van der Waals surface area contributed by atoms with Crippen molar-refractivity contribution in [1.29, 1.82) is 0 Å². The number of carbonyl (C=O) groups excluding carboxylic acids is 1. The van der Waals surface area contributed by atoms with Gasteiger partial charge in [0.1, 0.15) is 11.5 Å². The molecule has 0 saturated carbocycles. The monoisotopic (exact) mass is 384 g/mol. The van der Waals surface area contributed by atoms with Gasteiger partial charge in [0, 0.05) is 6.08 Å². The lowest BCUT2D eigenvalue weighted by Gasteiger charge is -2.08. The quantitative estimate of drug-likeness (QED) is 0.252. The maximum Gasteiger partial charge on any atom is 0.511 e. The third-order valence-electron chi connectivity index (χ3n) is 3.97. The van der Waals surface area contributed by atoms with Crippen LogP contribution in [0.1, 0.15) is 25.7 Å². The van der Waals surface area contributed by atoms with Crippen LogP contribution in [0.15, 0.2) is 61.2 Å². The molecule has 0 aromatic heterocycles. The number of ether oxygens (including phenoxy) is 3. The Hall–Kier alpha value is -3.28. The highest BCUT2D eigenvalue weighted by Gasteiger charge is 2.03. The summed E-state index contributed by atoms with van der Waals surface area (Å²) in [4.78, 5) is 21.4. The Morgan fingerprint density at radius 1 is 0.821 bits per heavy atom. The molecule has 6 heteroatoms. The lowest BCUT2D eigenvalue weighted by Crippen LogP contribution is -2.02. The van der Waals surface area contributed by atoms with Crippen LogP contribution in [-0.4, -0.2) is 30.4 Å². The summed E-state index contributed by atoms with van der Waals surface area (Å²) in [6, 6.07) is 14.6. The van der Waals surface area contributed by atoms with Crippen LogP contribution in [0.25, 0.3) is 11.1 Å². The Bertz CT molecular complexity index is 765. The van der Waals surface area contributed by atoms with Crippen LogP contribution in [0.4, 0.5) is 4.79 Å². The second-order valence-corrected chi connectivity index (χ2v) is 6.05. The molecule has 0 amide bonds. The van der Waals surface area contributed by atoms with E-state index >= 15 is 0 Å². The Morgan fingerprint density at radius 3 is 1.89 bits per heavy atom. The van der Waals surface area contributed by atoms with Crippen LogP contribution in [0.5, 0.6) is 11.5 Å². The minimum absolute atomic E-state index is 0.287. The van der Waals surface area contributed by atoms with E-state index in [0.29, 0.717) is 13.2 Å². The lowest BCUT2D eigenvalue weighted by atomic mass is 10.1. The average molecular weight is 384 g/mol. The summed E-state index contributed by atoms with van der Waals surface area (Å²) in [5, 5.41) is 8.60. The maximum absolute atomic E-state index is 10.9. The fraction of sp³-hybridized carbons (Fsp3) is 0.273. The van der Waals surface area contributed by atoms with Crippen LogP contribution in [0, 0.1) is 0 Å². The topological polar surface area (TPSA) is 82.1 Å². The number of rotatable bonds is 11. The highest BCUT2D eigenvalue weighted by atomic mass is 16.7. The zero-order valence-electron chi connectivity index (χ0n) is 15.6. The number of benzene rings is 2. The standard InChI is InChI=1S/C22H24O6/c1-2-21(23)27-16-6-4-3-5-15-26-19-11-7-17(8-12-19)18-9-13-20(14-10-18)28-22(24)25/h2,7-14H,1,3-6,15-16H2,(H,24,25). The van der Waals surface area contributed by atoms with Crippen molar-refractivity contribution in [1.82, 2.24) is 0 Å². The van der Waals surface area contributed by atoms with Gasteiger partial charge in [-0.3, -0.25) is 0 Å². The van der Waals surface area contributed by atoms with E-state index in [1.54, 1.807) is 24.3 Å². The molecule has 0 radical (unpaired) electrons. The highest BCUT2D eigenvalue weighted by Crippen LogP contribution is 2.24. The fourth-order valence-electron chi connectivity index (χ4n) is 2.54. The molecule has 0 saturated heterocycles. The number of unbranched alkanes of at least 4 members (excludes halogenated alkanes) is 3. The van der Waals surface area contributed by atoms with Crippen molar-refractivity contribution in [3.05, 3.63) is 61.2 Å². The zero-order valence-corrected chi connectivity index (χ0v) is 15.6. The SMILES string of the molecule is C=CC(=O)OCCCCCCOc1ccc(-c2ccc(OC(=O)O)cc2)cc1. The smallest absolute Gasteiger partial charge is 0.494 e. The number of hydrogen-bond donors (Lipinski definition) is 1. The van der Waals surface area contributed by atoms with Gasteiger partial charge in [0.2, 0.25) is 0 Å². The molecule has 1 N–H and O–H groups in total.